The van der Waals surface area contributed by atoms with Crippen LogP contribution in [0.1, 0.15) is 16.7 Å². The van der Waals surface area contributed by atoms with Gasteiger partial charge in [0.05, 0.1) is 0 Å². The molecule has 3 nitrogen and oxygen atoms in total. The number of benzene rings is 2. The molecule has 0 bridgehead atoms. The van der Waals surface area contributed by atoms with Crippen molar-refractivity contribution in [1.29, 1.82) is 0 Å². The van der Waals surface area contributed by atoms with Crippen molar-refractivity contribution in [3.63, 3.8) is 0 Å². The molecule has 0 saturated heterocycles. The van der Waals surface area contributed by atoms with Gasteiger partial charge in [0, 0.05) is 24.0 Å². The van der Waals surface area contributed by atoms with E-state index in [0.717, 1.165) is 22.1 Å². The van der Waals surface area contributed by atoms with E-state index in [1.165, 1.54) is 11.5 Å². The summed E-state index contributed by atoms with van der Waals surface area (Å²) < 4.78 is 5.23. The summed E-state index contributed by atoms with van der Waals surface area (Å²) in [7, 11) is 0. The lowest BCUT2D eigenvalue weighted by Crippen LogP contribution is -2.01. The zero-order valence-corrected chi connectivity index (χ0v) is 12.9. The van der Waals surface area contributed by atoms with Gasteiger partial charge in [-0.05, 0) is 47.0 Å². The molecule has 0 amide bonds. The number of hydrogen-bond donors (Lipinski definition) is 0. The third-order valence-corrected chi connectivity index (χ3v) is 3.50. The lowest BCUT2D eigenvalue weighted by Gasteiger charge is -2.03. The SMILES string of the molecule is Cc1cncc(COC(=O)/C=C/c2ccc3ccccc3c2)c1. The van der Waals surface area contributed by atoms with Crippen LogP contribution in [0.4, 0.5) is 0 Å². The third-order valence-electron chi connectivity index (χ3n) is 3.50. The second-order valence-corrected chi connectivity index (χ2v) is 5.42. The Morgan fingerprint density at radius 3 is 2.74 bits per heavy atom. The van der Waals surface area contributed by atoms with Gasteiger partial charge in [0.1, 0.15) is 6.61 Å². The summed E-state index contributed by atoms with van der Waals surface area (Å²) in [5.41, 5.74) is 2.90. The van der Waals surface area contributed by atoms with E-state index in [-0.39, 0.29) is 12.6 Å². The van der Waals surface area contributed by atoms with Crippen LogP contribution < -0.4 is 0 Å². The van der Waals surface area contributed by atoms with Gasteiger partial charge < -0.3 is 4.74 Å². The summed E-state index contributed by atoms with van der Waals surface area (Å²) in [6, 6.07) is 16.1. The molecule has 1 aromatic heterocycles. The van der Waals surface area contributed by atoms with E-state index in [9.17, 15) is 4.79 Å². The zero-order valence-electron chi connectivity index (χ0n) is 12.9. The number of nitrogens with zero attached hydrogens (tertiary/aromatic N) is 1. The number of carbonyl (C=O) groups excluding carboxylic acids is 1. The van der Waals surface area contributed by atoms with Crippen LogP contribution in [0.5, 0.6) is 0 Å². The predicted molar refractivity (Wildman–Crippen MR) is 91.8 cm³/mol. The fourth-order valence-corrected chi connectivity index (χ4v) is 2.37. The van der Waals surface area contributed by atoms with Crippen molar-refractivity contribution in [3.05, 3.63) is 83.7 Å². The normalized spacial score (nSPS) is 11.0. The number of carbonyl (C=O) groups is 1. The van der Waals surface area contributed by atoms with Crippen molar-refractivity contribution < 1.29 is 9.53 Å². The Balaban J connectivity index is 1.63. The highest BCUT2D eigenvalue weighted by atomic mass is 16.5. The lowest BCUT2D eigenvalue weighted by molar-refractivity contribution is -0.138. The quantitative estimate of drug-likeness (QED) is 0.533. The maximum atomic E-state index is 11.8. The summed E-state index contributed by atoms with van der Waals surface area (Å²) in [4.78, 5) is 15.9. The Morgan fingerprint density at radius 2 is 1.91 bits per heavy atom. The minimum atomic E-state index is -0.361. The number of rotatable bonds is 4. The number of hydrogen-bond acceptors (Lipinski definition) is 3. The van der Waals surface area contributed by atoms with E-state index < -0.39 is 0 Å². The molecule has 2 aromatic carbocycles. The molecule has 114 valence electrons. The van der Waals surface area contributed by atoms with Crippen molar-refractivity contribution >= 4 is 22.8 Å². The first kappa shape index (κ1) is 15.0. The van der Waals surface area contributed by atoms with Crippen molar-refractivity contribution in [2.75, 3.05) is 0 Å². The first-order valence-corrected chi connectivity index (χ1v) is 7.45. The van der Waals surface area contributed by atoms with Crippen molar-refractivity contribution in [2.45, 2.75) is 13.5 Å². The van der Waals surface area contributed by atoms with Crippen molar-refractivity contribution in [1.82, 2.24) is 4.98 Å². The number of aryl methyl sites for hydroxylation is 1. The molecule has 3 aromatic rings. The fourth-order valence-electron chi connectivity index (χ4n) is 2.37. The highest BCUT2D eigenvalue weighted by Crippen LogP contribution is 2.16. The van der Waals surface area contributed by atoms with E-state index >= 15 is 0 Å². The van der Waals surface area contributed by atoms with Crippen LogP contribution >= 0.6 is 0 Å². The molecule has 3 heteroatoms. The summed E-state index contributed by atoms with van der Waals surface area (Å²) in [5, 5.41) is 2.33. The Kier molecular flexibility index (Phi) is 4.48. The molecule has 0 fully saturated rings. The Bertz CT molecular complexity index is 868. The number of ether oxygens (including phenoxy) is 1. The topological polar surface area (TPSA) is 39.2 Å². The second-order valence-electron chi connectivity index (χ2n) is 5.42. The van der Waals surface area contributed by atoms with Crippen LogP contribution in [0.3, 0.4) is 0 Å². The molecule has 0 radical (unpaired) electrons. The Hall–Kier alpha value is -2.94. The number of aromatic nitrogens is 1. The van der Waals surface area contributed by atoms with Crippen LogP contribution in [-0.4, -0.2) is 11.0 Å². The van der Waals surface area contributed by atoms with Gasteiger partial charge in [-0.2, -0.15) is 0 Å². The maximum Gasteiger partial charge on any atom is 0.331 e. The van der Waals surface area contributed by atoms with Gasteiger partial charge in [-0.1, -0.05) is 36.4 Å². The Morgan fingerprint density at radius 1 is 1.09 bits per heavy atom. The average molecular weight is 303 g/mol. The average Bonchev–Trinajstić information content (AvgIpc) is 2.58. The smallest absolute Gasteiger partial charge is 0.331 e. The van der Waals surface area contributed by atoms with Gasteiger partial charge in [-0.3, -0.25) is 4.98 Å². The number of esters is 1. The molecule has 0 saturated carbocycles. The predicted octanol–water partition coefficient (Wildman–Crippen LogP) is 4.30. The summed E-state index contributed by atoms with van der Waals surface area (Å²) in [6.07, 6.45) is 6.69. The van der Waals surface area contributed by atoms with Crippen molar-refractivity contribution in [2.24, 2.45) is 0 Å². The van der Waals surface area contributed by atoms with Crippen LogP contribution in [0.2, 0.25) is 0 Å². The molecule has 0 aliphatic carbocycles. The summed E-state index contributed by atoms with van der Waals surface area (Å²) in [5.74, 6) is -0.361. The molecule has 0 aliphatic heterocycles. The van der Waals surface area contributed by atoms with E-state index in [1.54, 1.807) is 18.5 Å². The third kappa shape index (κ3) is 4.04. The van der Waals surface area contributed by atoms with E-state index in [4.69, 9.17) is 4.74 Å². The van der Waals surface area contributed by atoms with E-state index in [0.29, 0.717) is 0 Å². The molecule has 0 spiro atoms. The zero-order chi connectivity index (χ0) is 16.1. The fraction of sp³-hybridized carbons (Fsp3) is 0.100. The molecular weight excluding hydrogens is 286 g/mol. The monoisotopic (exact) mass is 303 g/mol. The van der Waals surface area contributed by atoms with E-state index in [2.05, 4.69) is 17.1 Å². The van der Waals surface area contributed by atoms with Crippen LogP contribution in [0, 0.1) is 6.92 Å². The van der Waals surface area contributed by atoms with Gasteiger partial charge in [0.15, 0.2) is 0 Å². The standard InChI is InChI=1S/C20H17NO2/c1-15-10-17(13-21-12-15)14-23-20(22)9-7-16-6-8-18-4-2-3-5-19(18)11-16/h2-13H,14H2,1H3/b9-7+. The maximum absolute atomic E-state index is 11.8. The van der Waals surface area contributed by atoms with Crippen LogP contribution in [0.25, 0.3) is 16.8 Å². The van der Waals surface area contributed by atoms with Gasteiger partial charge in [-0.25, -0.2) is 4.79 Å². The minimum absolute atomic E-state index is 0.232. The highest BCUT2D eigenvalue weighted by Gasteiger charge is 2.00. The van der Waals surface area contributed by atoms with Gasteiger partial charge in [-0.15, -0.1) is 0 Å². The van der Waals surface area contributed by atoms with Crippen LogP contribution in [-0.2, 0) is 16.1 Å². The number of pyridine rings is 1. The first-order chi connectivity index (χ1) is 11.2. The molecule has 3 rings (SSSR count). The Labute approximate surface area is 135 Å². The summed E-state index contributed by atoms with van der Waals surface area (Å²) >= 11 is 0. The number of fused-ring (bicyclic) bond motifs is 1. The molecule has 0 unspecified atom stereocenters. The van der Waals surface area contributed by atoms with Crippen LogP contribution in [0.15, 0.2) is 67.0 Å². The molecule has 23 heavy (non-hydrogen) atoms. The minimum Gasteiger partial charge on any atom is -0.458 e. The second kappa shape index (κ2) is 6.88. The molecule has 0 aliphatic rings. The molecule has 0 N–H and O–H groups in total. The molecule has 1 heterocycles. The molecular formula is C20H17NO2. The molecule has 0 atom stereocenters. The lowest BCUT2D eigenvalue weighted by atomic mass is 10.1. The van der Waals surface area contributed by atoms with Crippen molar-refractivity contribution in [3.8, 4) is 0 Å². The van der Waals surface area contributed by atoms with Gasteiger partial charge >= 0.3 is 5.97 Å². The van der Waals surface area contributed by atoms with Gasteiger partial charge in [0.25, 0.3) is 0 Å². The highest BCUT2D eigenvalue weighted by molar-refractivity contribution is 5.89. The van der Waals surface area contributed by atoms with E-state index in [1.807, 2.05) is 43.3 Å². The largest absolute Gasteiger partial charge is 0.458 e. The first-order valence-electron chi connectivity index (χ1n) is 7.45. The van der Waals surface area contributed by atoms with Gasteiger partial charge in [0.2, 0.25) is 0 Å². The summed E-state index contributed by atoms with van der Waals surface area (Å²) in [6.45, 7) is 2.19.